The number of hydrogen-bond acceptors (Lipinski definition) is 8. The van der Waals surface area contributed by atoms with Gasteiger partial charge in [0.2, 0.25) is 17.7 Å². The predicted molar refractivity (Wildman–Crippen MR) is 92.1 cm³/mol. The molecule has 0 saturated carbocycles. The van der Waals surface area contributed by atoms with Crippen LogP contribution in [0, 0.1) is 0 Å². The second-order valence-electron chi connectivity index (χ2n) is 6.29. The molecule has 0 fully saturated rings. The maximum absolute atomic E-state index is 12.4. The summed E-state index contributed by atoms with van der Waals surface area (Å²) in [5, 5.41) is 44.0. The van der Waals surface area contributed by atoms with E-state index in [9.17, 15) is 34.5 Å². The molecular formula is C15H28N4O8. The van der Waals surface area contributed by atoms with Crippen LogP contribution in [0.3, 0.4) is 0 Å². The minimum atomic E-state index is -1.54. The van der Waals surface area contributed by atoms with Crippen molar-refractivity contribution in [2.24, 2.45) is 5.73 Å². The molecule has 12 heteroatoms. The van der Waals surface area contributed by atoms with Gasteiger partial charge in [-0.1, -0.05) is 0 Å². The number of aliphatic carboxylic acids is 1. The number of nitrogens with two attached hydrogens (primary N) is 1. The summed E-state index contributed by atoms with van der Waals surface area (Å²) in [6.45, 7) is 4.84. The van der Waals surface area contributed by atoms with Crippen LogP contribution in [0.5, 0.6) is 0 Å². The Morgan fingerprint density at radius 3 is 1.41 bits per heavy atom. The first kappa shape index (κ1) is 24.7. The maximum Gasteiger partial charge on any atom is 0.325 e. The lowest BCUT2D eigenvalue weighted by Crippen LogP contribution is -2.62. The Bertz CT molecular complexity index is 552. The molecular weight excluding hydrogens is 364 g/mol. The number of aliphatic hydroxyl groups is 3. The van der Waals surface area contributed by atoms with Crippen LogP contribution in [0.1, 0.15) is 27.7 Å². The third-order valence-electron chi connectivity index (χ3n) is 3.68. The first-order chi connectivity index (χ1) is 12.3. The number of carbonyl (C=O) groups is 4. The molecule has 156 valence electrons. The Labute approximate surface area is 156 Å². The summed E-state index contributed by atoms with van der Waals surface area (Å²) in [5.74, 6) is -4.21. The highest BCUT2D eigenvalue weighted by atomic mass is 16.4. The Balaban J connectivity index is 5.22. The highest BCUT2D eigenvalue weighted by Crippen LogP contribution is 2.01. The molecule has 7 unspecified atom stereocenters. The van der Waals surface area contributed by atoms with Crippen molar-refractivity contribution >= 4 is 23.7 Å². The lowest BCUT2D eigenvalue weighted by atomic mass is 10.1. The van der Waals surface area contributed by atoms with Crippen molar-refractivity contribution in [2.45, 2.75) is 70.2 Å². The van der Waals surface area contributed by atoms with Crippen LogP contribution in [0.4, 0.5) is 0 Å². The first-order valence-electron chi connectivity index (χ1n) is 8.23. The third-order valence-corrected chi connectivity index (χ3v) is 3.68. The molecule has 7 atom stereocenters. The van der Waals surface area contributed by atoms with Crippen LogP contribution >= 0.6 is 0 Å². The van der Waals surface area contributed by atoms with Gasteiger partial charge in [0.05, 0.1) is 18.3 Å². The number of rotatable bonds is 10. The molecule has 0 aliphatic rings. The van der Waals surface area contributed by atoms with Crippen molar-refractivity contribution in [1.82, 2.24) is 16.0 Å². The second kappa shape index (κ2) is 10.8. The number of aliphatic hydroxyl groups excluding tert-OH is 3. The Kier molecular flexibility index (Phi) is 9.86. The van der Waals surface area contributed by atoms with E-state index in [2.05, 4.69) is 16.0 Å². The normalized spacial score (nSPS) is 18.8. The van der Waals surface area contributed by atoms with E-state index in [4.69, 9.17) is 10.8 Å². The Morgan fingerprint density at radius 2 is 1.07 bits per heavy atom. The van der Waals surface area contributed by atoms with Crippen LogP contribution in [0.2, 0.25) is 0 Å². The van der Waals surface area contributed by atoms with E-state index in [1.54, 1.807) is 0 Å². The van der Waals surface area contributed by atoms with Crippen LogP contribution in [0.25, 0.3) is 0 Å². The topological polar surface area (TPSA) is 211 Å². The summed E-state index contributed by atoms with van der Waals surface area (Å²) < 4.78 is 0. The monoisotopic (exact) mass is 392 g/mol. The highest BCUT2D eigenvalue weighted by Gasteiger charge is 2.34. The van der Waals surface area contributed by atoms with E-state index in [-0.39, 0.29) is 0 Å². The number of carbonyl (C=O) groups excluding carboxylic acids is 3. The van der Waals surface area contributed by atoms with Gasteiger partial charge in [0.25, 0.3) is 0 Å². The zero-order chi connectivity index (χ0) is 21.5. The number of carboxylic acids is 1. The van der Waals surface area contributed by atoms with E-state index >= 15 is 0 Å². The van der Waals surface area contributed by atoms with Crippen molar-refractivity contribution in [3.8, 4) is 0 Å². The van der Waals surface area contributed by atoms with Crippen molar-refractivity contribution in [3.05, 3.63) is 0 Å². The van der Waals surface area contributed by atoms with Gasteiger partial charge in [0.15, 0.2) is 0 Å². The zero-order valence-corrected chi connectivity index (χ0v) is 15.5. The maximum atomic E-state index is 12.4. The molecule has 0 aromatic heterocycles. The van der Waals surface area contributed by atoms with E-state index < -0.39 is 66.2 Å². The van der Waals surface area contributed by atoms with Crippen molar-refractivity contribution in [1.29, 1.82) is 0 Å². The van der Waals surface area contributed by atoms with Crippen LogP contribution in [-0.2, 0) is 19.2 Å². The van der Waals surface area contributed by atoms with Crippen molar-refractivity contribution < 1.29 is 39.6 Å². The summed E-state index contributed by atoms with van der Waals surface area (Å²) in [7, 11) is 0. The second-order valence-corrected chi connectivity index (χ2v) is 6.29. The van der Waals surface area contributed by atoms with Crippen LogP contribution in [0.15, 0.2) is 0 Å². The molecule has 0 heterocycles. The molecule has 27 heavy (non-hydrogen) atoms. The highest BCUT2D eigenvalue weighted by molar-refractivity contribution is 5.94. The van der Waals surface area contributed by atoms with E-state index in [1.807, 2.05) is 0 Å². The molecule has 0 spiro atoms. The quantitative estimate of drug-likeness (QED) is 0.182. The van der Waals surface area contributed by atoms with Gasteiger partial charge in [-0.3, -0.25) is 19.2 Å². The molecule has 0 aromatic rings. The minimum absolute atomic E-state index is 0.913. The SMILES string of the molecule is CC(NC(=O)C(NC(=O)C(NC(=O)C(N)C(C)O)C(C)O)C(C)O)C(=O)O. The summed E-state index contributed by atoms with van der Waals surface area (Å²) in [6.07, 6.45) is -4.01. The molecule has 0 aliphatic heterocycles. The largest absolute Gasteiger partial charge is 0.480 e. The molecule has 0 aromatic carbocycles. The fourth-order valence-electron chi connectivity index (χ4n) is 1.89. The van der Waals surface area contributed by atoms with E-state index in [1.165, 1.54) is 27.7 Å². The smallest absolute Gasteiger partial charge is 0.325 e. The van der Waals surface area contributed by atoms with Gasteiger partial charge < -0.3 is 42.1 Å². The van der Waals surface area contributed by atoms with E-state index in [0.29, 0.717) is 0 Å². The summed E-state index contributed by atoms with van der Waals surface area (Å²) in [5.41, 5.74) is 5.45. The lowest BCUT2D eigenvalue weighted by Gasteiger charge is -2.27. The zero-order valence-electron chi connectivity index (χ0n) is 15.5. The van der Waals surface area contributed by atoms with Crippen molar-refractivity contribution in [3.63, 3.8) is 0 Å². The molecule has 0 radical (unpaired) electrons. The van der Waals surface area contributed by atoms with Gasteiger partial charge in [0.1, 0.15) is 24.2 Å². The van der Waals surface area contributed by atoms with Gasteiger partial charge in [-0.2, -0.15) is 0 Å². The van der Waals surface area contributed by atoms with Gasteiger partial charge in [-0.25, -0.2) is 0 Å². The van der Waals surface area contributed by atoms with Gasteiger partial charge in [0, 0.05) is 0 Å². The Morgan fingerprint density at radius 1 is 0.704 bits per heavy atom. The van der Waals surface area contributed by atoms with Gasteiger partial charge in [-0.05, 0) is 27.7 Å². The predicted octanol–water partition coefficient (Wildman–Crippen LogP) is -3.98. The van der Waals surface area contributed by atoms with Crippen molar-refractivity contribution in [2.75, 3.05) is 0 Å². The van der Waals surface area contributed by atoms with Crippen LogP contribution in [-0.4, -0.2) is 86.6 Å². The average Bonchev–Trinajstić information content (AvgIpc) is 2.54. The number of carboxylic acid groups (broad SMARTS) is 1. The average molecular weight is 392 g/mol. The lowest BCUT2D eigenvalue weighted by molar-refractivity contribution is -0.142. The Hall–Kier alpha value is -2.28. The molecule has 0 rings (SSSR count). The molecule has 0 aliphatic carbocycles. The summed E-state index contributed by atoms with van der Waals surface area (Å²) in [4.78, 5) is 47.2. The number of hydrogen-bond donors (Lipinski definition) is 8. The molecule has 3 amide bonds. The van der Waals surface area contributed by atoms with Gasteiger partial charge in [-0.15, -0.1) is 0 Å². The van der Waals surface area contributed by atoms with Crippen LogP contribution < -0.4 is 21.7 Å². The number of amides is 3. The fourth-order valence-corrected chi connectivity index (χ4v) is 1.89. The first-order valence-corrected chi connectivity index (χ1v) is 8.23. The third kappa shape index (κ3) is 7.86. The minimum Gasteiger partial charge on any atom is -0.480 e. The number of nitrogens with one attached hydrogen (secondary N) is 3. The standard InChI is InChI=1S/C15H28N4O8/c1-5(15(26)27)17-13(24)10(7(3)21)19-14(25)11(8(4)22)18-12(23)9(16)6(2)20/h5-11,20-22H,16H2,1-4H3,(H,17,24)(H,18,23)(H,19,25)(H,26,27). The van der Waals surface area contributed by atoms with E-state index in [0.717, 1.165) is 0 Å². The molecule has 12 nitrogen and oxygen atoms in total. The molecule has 9 N–H and O–H groups in total. The fraction of sp³-hybridized carbons (Fsp3) is 0.733. The molecule has 0 bridgehead atoms. The summed E-state index contributed by atoms with van der Waals surface area (Å²) in [6, 6.07) is -5.70. The molecule has 0 saturated heterocycles. The van der Waals surface area contributed by atoms with Gasteiger partial charge >= 0.3 is 5.97 Å². The summed E-state index contributed by atoms with van der Waals surface area (Å²) >= 11 is 0.